The van der Waals surface area contributed by atoms with E-state index in [0.717, 1.165) is 10.1 Å². The van der Waals surface area contributed by atoms with Crippen LogP contribution in [0.25, 0.3) is 0 Å². The predicted octanol–water partition coefficient (Wildman–Crippen LogP) is 4.86. The average molecular weight is 409 g/mol. The molecule has 7 nitrogen and oxygen atoms in total. The van der Waals surface area contributed by atoms with Crippen LogP contribution in [0.2, 0.25) is 5.02 Å². The first kappa shape index (κ1) is 20.1. The van der Waals surface area contributed by atoms with Gasteiger partial charge in [0.05, 0.1) is 13.7 Å². The molecule has 0 aliphatic carbocycles. The van der Waals surface area contributed by atoms with Crippen LogP contribution < -0.4 is 10.3 Å². The van der Waals surface area contributed by atoms with Gasteiger partial charge in [-0.3, -0.25) is 9.36 Å². The molecule has 0 saturated carbocycles. The number of rotatable bonds is 5. The predicted molar refractivity (Wildman–Crippen MR) is 110 cm³/mol. The Bertz CT molecular complexity index is 1180. The molecule has 0 aliphatic heterocycles. The van der Waals surface area contributed by atoms with E-state index in [1.54, 1.807) is 18.2 Å². The minimum Gasteiger partial charge on any atom is -0.494 e. The Morgan fingerprint density at radius 2 is 1.93 bits per heavy atom. The summed E-state index contributed by atoms with van der Waals surface area (Å²) < 4.78 is 6.33. The van der Waals surface area contributed by atoms with Crippen molar-refractivity contribution in [3.8, 4) is 17.7 Å². The van der Waals surface area contributed by atoms with Crippen molar-refractivity contribution < 1.29 is 9.84 Å². The van der Waals surface area contributed by atoms with Gasteiger partial charge in [0.1, 0.15) is 23.1 Å². The number of benzene rings is 2. The second-order valence-electron chi connectivity index (χ2n) is 6.18. The number of hydrogen-bond donors (Lipinski definition) is 1. The highest BCUT2D eigenvalue weighted by Crippen LogP contribution is 2.33. The molecule has 0 spiro atoms. The van der Waals surface area contributed by atoms with Gasteiger partial charge in [-0.25, -0.2) is 0 Å². The molecule has 0 bridgehead atoms. The minimum absolute atomic E-state index is 0.0347. The number of azo groups is 1. The molecule has 0 unspecified atom stereocenters. The summed E-state index contributed by atoms with van der Waals surface area (Å²) in [7, 11) is 1.48. The summed E-state index contributed by atoms with van der Waals surface area (Å²) in [6, 6.07) is 15.9. The fourth-order valence-electron chi connectivity index (χ4n) is 2.81. The Morgan fingerprint density at radius 1 is 1.21 bits per heavy atom. The number of ether oxygens (including phenoxy) is 1. The van der Waals surface area contributed by atoms with Crippen molar-refractivity contribution in [2.45, 2.75) is 13.5 Å². The normalized spacial score (nSPS) is 10.8. The first-order valence-electron chi connectivity index (χ1n) is 8.62. The molecule has 3 rings (SSSR count). The van der Waals surface area contributed by atoms with Gasteiger partial charge in [0, 0.05) is 10.6 Å². The maximum Gasteiger partial charge on any atom is 0.281 e. The molecule has 0 atom stereocenters. The van der Waals surface area contributed by atoms with E-state index in [9.17, 15) is 15.2 Å². The summed E-state index contributed by atoms with van der Waals surface area (Å²) in [5, 5.41) is 28.5. The standard InChI is InChI=1S/C21H17ClN4O3/c1-13-16(11-23)20(27)26(12-14-6-4-3-5-7-14)21(28)19(13)25-24-17-10-15(22)8-9-18(17)29-2/h3-10,27H,12H2,1-2H3. The van der Waals surface area contributed by atoms with Gasteiger partial charge in [0.15, 0.2) is 5.69 Å². The monoisotopic (exact) mass is 408 g/mol. The summed E-state index contributed by atoms with van der Waals surface area (Å²) in [4.78, 5) is 13.0. The van der Waals surface area contributed by atoms with Gasteiger partial charge in [-0.2, -0.15) is 5.26 Å². The first-order valence-corrected chi connectivity index (χ1v) is 8.99. The molecule has 8 heteroatoms. The lowest BCUT2D eigenvalue weighted by atomic mass is 10.1. The van der Waals surface area contributed by atoms with E-state index < -0.39 is 11.4 Å². The second-order valence-corrected chi connectivity index (χ2v) is 6.61. The van der Waals surface area contributed by atoms with Crippen LogP contribution in [-0.2, 0) is 6.54 Å². The van der Waals surface area contributed by atoms with Crippen molar-refractivity contribution in [2.75, 3.05) is 7.11 Å². The molecule has 0 aliphatic rings. The van der Waals surface area contributed by atoms with Crippen LogP contribution in [0.15, 0.2) is 63.6 Å². The summed E-state index contributed by atoms with van der Waals surface area (Å²) in [5.41, 5.74) is 0.721. The second kappa shape index (κ2) is 8.59. The Hall–Kier alpha value is -3.63. The Morgan fingerprint density at radius 3 is 2.59 bits per heavy atom. The van der Waals surface area contributed by atoms with Crippen molar-refractivity contribution in [3.63, 3.8) is 0 Å². The zero-order valence-corrected chi connectivity index (χ0v) is 16.5. The zero-order valence-electron chi connectivity index (χ0n) is 15.8. The zero-order chi connectivity index (χ0) is 21.0. The molecule has 146 valence electrons. The van der Waals surface area contributed by atoms with Crippen LogP contribution in [0.1, 0.15) is 16.7 Å². The van der Waals surface area contributed by atoms with E-state index in [4.69, 9.17) is 16.3 Å². The number of halogens is 1. The Balaban J connectivity index is 2.14. The van der Waals surface area contributed by atoms with Crippen LogP contribution >= 0.6 is 11.6 Å². The molecule has 1 aromatic heterocycles. The third-order valence-corrected chi connectivity index (χ3v) is 4.59. The van der Waals surface area contributed by atoms with Crippen LogP contribution in [0.4, 0.5) is 11.4 Å². The number of aromatic nitrogens is 1. The van der Waals surface area contributed by atoms with Gasteiger partial charge < -0.3 is 9.84 Å². The molecular formula is C21H17ClN4O3. The lowest BCUT2D eigenvalue weighted by Crippen LogP contribution is -2.22. The molecule has 2 aromatic carbocycles. The molecule has 29 heavy (non-hydrogen) atoms. The largest absolute Gasteiger partial charge is 0.494 e. The van der Waals surface area contributed by atoms with Gasteiger partial charge in [0.2, 0.25) is 5.88 Å². The number of nitriles is 1. The smallest absolute Gasteiger partial charge is 0.281 e. The summed E-state index contributed by atoms with van der Waals surface area (Å²) in [6.45, 7) is 1.62. The van der Waals surface area contributed by atoms with Crippen molar-refractivity contribution in [3.05, 3.63) is 80.6 Å². The van der Waals surface area contributed by atoms with Crippen LogP contribution in [-0.4, -0.2) is 16.8 Å². The molecule has 1 N–H and O–H groups in total. The summed E-state index contributed by atoms with van der Waals surface area (Å²) in [5.74, 6) is 0.0258. The molecular weight excluding hydrogens is 392 g/mol. The molecule has 0 radical (unpaired) electrons. The van der Waals surface area contributed by atoms with E-state index in [0.29, 0.717) is 16.5 Å². The topological polar surface area (TPSA) is 100.0 Å². The van der Waals surface area contributed by atoms with Gasteiger partial charge in [-0.15, -0.1) is 10.2 Å². The van der Waals surface area contributed by atoms with E-state index in [1.807, 2.05) is 36.4 Å². The van der Waals surface area contributed by atoms with Crippen molar-refractivity contribution in [1.82, 2.24) is 4.57 Å². The highest BCUT2D eigenvalue weighted by atomic mass is 35.5. The Kier molecular flexibility index (Phi) is 5.96. The number of nitrogens with zero attached hydrogens (tertiary/aromatic N) is 4. The molecule has 1 heterocycles. The van der Waals surface area contributed by atoms with Gasteiger partial charge >= 0.3 is 0 Å². The highest BCUT2D eigenvalue weighted by Gasteiger charge is 2.19. The fourth-order valence-corrected chi connectivity index (χ4v) is 2.98. The van der Waals surface area contributed by atoms with E-state index >= 15 is 0 Å². The lowest BCUT2D eigenvalue weighted by molar-refractivity contribution is 0.412. The fraction of sp³-hybridized carbons (Fsp3) is 0.143. The highest BCUT2D eigenvalue weighted by molar-refractivity contribution is 6.30. The summed E-state index contributed by atoms with van der Waals surface area (Å²) in [6.07, 6.45) is 0. The molecule has 0 saturated heterocycles. The summed E-state index contributed by atoms with van der Waals surface area (Å²) >= 11 is 6.00. The minimum atomic E-state index is -0.562. The van der Waals surface area contributed by atoms with E-state index in [2.05, 4.69) is 10.2 Å². The maximum atomic E-state index is 13.0. The van der Waals surface area contributed by atoms with Crippen LogP contribution in [0.5, 0.6) is 11.6 Å². The lowest BCUT2D eigenvalue weighted by Gasteiger charge is -2.13. The SMILES string of the molecule is COc1ccc(Cl)cc1N=Nc1c(C)c(C#N)c(O)n(Cc2ccccc2)c1=O. The van der Waals surface area contributed by atoms with Crippen molar-refractivity contribution in [2.24, 2.45) is 10.2 Å². The molecule has 0 fully saturated rings. The maximum absolute atomic E-state index is 13.0. The number of hydrogen-bond acceptors (Lipinski definition) is 6. The van der Waals surface area contributed by atoms with E-state index in [-0.39, 0.29) is 23.4 Å². The molecule has 3 aromatic rings. The van der Waals surface area contributed by atoms with Gasteiger partial charge in [-0.05, 0) is 30.7 Å². The number of aromatic hydroxyl groups is 1. The van der Waals surface area contributed by atoms with Gasteiger partial charge in [0.25, 0.3) is 5.56 Å². The number of pyridine rings is 1. The third-order valence-electron chi connectivity index (χ3n) is 4.35. The quantitative estimate of drug-likeness (QED) is 0.609. The third kappa shape index (κ3) is 4.13. The van der Waals surface area contributed by atoms with Crippen molar-refractivity contribution >= 4 is 23.0 Å². The van der Waals surface area contributed by atoms with E-state index in [1.165, 1.54) is 14.0 Å². The van der Waals surface area contributed by atoms with Gasteiger partial charge in [-0.1, -0.05) is 41.9 Å². The first-order chi connectivity index (χ1) is 14.0. The number of methoxy groups -OCH3 is 1. The Labute approximate surface area is 172 Å². The average Bonchev–Trinajstić information content (AvgIpc) is 2.72. The van der Waals surface area contributed by atoms with Crippen LogP contribution in [0, 0.1) is 18.3 Å². The van der Waals surface area contributed by atoms with Crippen molar-refractivity contribution in [1.29, 1.82) is 5.26 Å². The molecule has 0 amide bonds. The van der Waals surface area contributed by atoms with Crippen LogP contribution in [0.3, 0.4) is 0 Å².